The lowest BCUT2D eigenvalue weighted by Crippen LogP contribution is -1.86. The zero-order chi connectivity index (χ0) is 74.1. The number of thiophene rings is 2. The molecule has 526 valence electrons. The summed E-state index contributed by atoms with van der Waals surface area (Å²) in [6, 6.07) is 58.8. The SMILES string of the molecule is c1cc2c(cn1)oc1cncnc12.c1ccc2c(c1)c1ccccc1c1ncncc21.c1ccc2c(c1)cnc1cncnc12.c1ccc2c(c1)cnc1ncncc12.c1ccc2c(c1)oc1cncnc12.c1ccc2c(c1)sc1cncnc12.c1cnc2oc3cncnc3c2c1.c1cnc2sc3cncnc3c2c1. The average molecular weight is 1480 g/mol. The molecule has 0 radical (unpaired) electrons. The van der Waals surface area contributed by atoms with E-state index in [0.29, 0.717) is 16.9 Å². The van der Waals surface area contributed by atoms with Crippen molar-refractivity contribution in [3.8, 4) is 0 Å². The number of rotatable bonds is 0. The first kappa shape index (κ1) is 67.5. The highest BCUT2D eigenvalue weighted by atomic mass is 32.1. The van der Waals surface area contributed by atoms with E-state index in [0.717, 1.165) is 135 Å². The van der Waals surface area contributed by atoms with Crippen LogP contribution in [0.4, 0.5) is 0 Å². The molecule has 0 saturated heterocycles. The molecule has 0 aliphatic rings. The van der Waals surface area contributed by atoms with Crippen molar-refractivity contribution in [2.45, 2.75) is 0 Å². The number of benzene rings is 7. The number of para-hydroxylation sites is 1. The molecule has 0 spiro atoms. The Bertz CT molecular complexity index is 6350. The maximum atomic E-state index is 5.53. The maximum Gasteiger partial charge on any atom is 0.229 e. The van der Waals surface area contributed by atoms with E-state index in [-0.39, 0.29) is 0 Å². The lowest BCUT2D eigenvalue weighted by atomic mass is 9.98. The molecular weight excluding hydrogens is 1430 g/mol. The highest BCUT2D eigenvalue weighted by Gasteiger charge is 2.13. The van der Waals surface area contributed by atoms with Crippen molar-refractivity contribution in [1.29, 1.82) is 0 Å². The monoisotopic (exact) mass is 1480 g/mol. The highest BCUT2D eigenvalue weighted by Crippen LogP contribution is 2.35. The summed E-state index contributed by atoms with van der Waals surface area (Å²) in [5.74, 6) is 0. The molecule has 26 heteroatoms. The number of furan rings is 3. The third-order valence-electron chi connectivity index (χ3n) is 17.8. The van der Waals surface area contributed by atoms with Crippen LogP contribution >= 0.6 is 22.7 Å². The molecule has 0 unspecified atom stereocenters. The predicted molar refractivity (Wildman–Crippen MR) is 435 cm³/mol. The van der Waals surface area contributed by atoms with Crippen molar-refractivity contribution in [3.05, 3.63) is 313 Å². The maximum absolute atomic E-state index is 5.53. The molecule has 0 aliphatic heterocycles. The summed E-state index contributed by atoms with van der Waals surface area (Å²) in [6.07, 6.45) is 37.1. The average Bonchev–Trinajstić information content (AvgIpc) is 1.74. The summed E-state index contributed by atoms with van der Waals surface area (Å²) in [5.41, 5.74) is 12.5. The number of fused-ring (bicyclic) bond motifs is 27. The number of aromatic nitrogens is 21. The molecule has 25 aromatic rings. The van der Waals surface area contributed by atoms with Crippen LogP contribution in [0.15, 0.2) is 327 Å². The van der Waals surface area contributed by atoms with Crippen LogP contribution in [-0.2, 0) is 0 Å². The van der Waals surface area contributed by atoms with Gasteiger partial charge in [-0.1, -0.05) is 127 Å². The normalized spacial score (nSPS) is 11.1. The van der Waals surface area contributed by atoms with Gasteiger partial charge in [-0.3, -0.25) is 9.97 Å². The Hall–Kier alpha value is -15.4. The predicted octanol–water partition coefficient (Wildman–Crippen LogP) is 19.3. The van der Waals surface area contributed by atoms with Crippen molar-refractivity contribution in [1.82, 2.24) is 105 Å². The van der Waals surface area contributed by atoms with Crippen LogP contribution in [-0.4, -0.2) is 105 Å². The van der Waals surface area contributed by atoms with Crippen molar-refractivity contribution in [2.75, 3.05) is 0 Å². The fraction of sp³-hybridized carbons (Fsp3) is 0. The molecule has 0 fully saturated rings. The van der Waals surface area contributed by atoms with Crippen LogP contribution in [0.3, 0.4) is 0 Å². The Morgan fingerprint density at radius 3 is 1.40 bits per heavy atom. The zero-order valence-corrected chi connectivity index (χ0v) is 59.5. The van der Waals surface area contributed by atoms with Crippen LogP contribution in [0.25, 0.3) is 183 Å². The summed E-state index contributed by atoms with van der Waals surface area (Å²) in [7, 11) is 0. The van der Waals surface area contributed by atoms with Crippen LogP contribution in [0, 0.1) is 0 Å². The first-order valence-corrected chi connectivity index (χ1v) is 36.0. The molecule has 18 heterocycles. The minimum absolute atomic E-state index is 0.609. The molecule has 7 aromatic carbocycles. The highest BCUT2D eigenvalue weighted by molar-refractivity contribution is 7.26. The number of nitrogens with zero attached hydrogens (tertiary/aromatic N) is 21. The molecule has 0 saturated carbocycles. The Kier molecular flexibility index (Phi) is 18.8. The summed E-state index contributed by atoms with van der Waals surface area (Å²) >= 11 is 3.36. The minimum Gasteiger partial charge on any atom is -0.453 e. The van der Waals surface area contributed by atoms with Gasteiger partial charge in [0.2, 0.25) is 5.71 Å². The topological polar surface area (TPSA) is 310 Å². The molecule has 0 N–H and O–H groups in total. The second kappa shape index (κ2) is 31.0. The molecule has 18 aromatic heterocycles. The number of hydrogen-bond donors (Lipinski definition) is 0. The summed E-state index contributed by atoms with van der Waals surface area (Å²) < 4.78 is 19.9. The standard InChI is InChI=1S/C16H10N2.2C11H7N3.C10H6N2O.C10H6N2S.2C9H5N3O.C9H5N3S/c1-2-7-13-11(5-1)12-6-3-4-8-14(12)16-15(13)9-17-10-18-16;1-2-4-9-8(3-1)5-13-10-6-12-7-14-11(9)10;1-2-4-9-8(3-1)5-13-11-10(9)6-12-7-14-11;2*1-2-4-8-7(3-1)10-9(13-8)5-11-6-12-10;1-2-10-3-7-6(1)9-8(13-7)4-11-5-12-9;2*1-2-6-8-7(4-10-5-12-8)13-9(6)11-3-1/h1-10H;2*1-7H;2*1-6H;3*1-5H. The van der Waals surface area contributed by atoms with Crippen LogP contribution < -0.4 is 0 Å². The van der Waals surface area contributed by atoms with Gasteiger partial charge in [-0.15, -0.1) is 22.7 Å². The van der Waals surface area contributed by atoms with E-state index in [4.69, 9.17) is 13.3 Å². The second-order valence-electron chi connectivity index (χ2n) is 24.3. The number of hydrogen-bond acceptors (Lipinski definition) is 26. The van der Waals surface area contributed by atoms with Gasteiger partial charge < -0.3 is 13.3 Å². The molecule has 25 rings (SSSR count). The number of pyridine rings is 5. The van der Waals surface area contributed by atoms with E-state index in [9.17, 15) is 0 Å². The van der Waals surface area contributed by atoms with Crippen molar-refractivity contribution >= 4 is 206 Å². The Morgan fingerprint density at radius 2 is 0.667 bits per heavy atom. The Balaban J connectivity index is 0.0000000890. The van der Waals surface area contributed by atoms with Gasteiger partial charge in [0.25, 0.3) is 0 Å². The summed E-state index contributed by atoms with van der Waals surface area (Å²) in [5, 5.41) is 16.8. The third kappa shape index (κ3) is 13.9. The lowest BCUT2D eigenvalue weighted by Gasteiger charge is -2.08. The van der Waals surface area contributed by atoms with E-state index in [1.165, 1.54) is 56.9 Å². The van der Waals surface area contributed by atoms with E-state index >= 15 is 0 Å². The van der Waals surface area contributed by atoms with Gasteiger partial charge in [0.05, 0.1) is 67.8 Å². The summed E-state index contributed by atoms with van der Waals surface area (Å²) in [4.78, 5) is 87.4. The molecule has 0 atom stereocenters. The minimum atomic E-state index is 0.609. The van der Waals surface area contributed by atoms with Gasteiger partial charge in [0.15, 0.2) is 28.0 Å². The van der Waals surface area contributed by atoms with Crippen LogP contribution in [0.2, 0.25) is 0 Å². The van der Waals surface area contributed by atoms with Gasteiger partial charge >= 0.3 is 0 Å². The quantitative estimate of drug-likeness (QED) is 0.127. The molecule has 0 amide bonds. The third-order valence-corrected chi connectivity index (χ3v) is 19.9. The van der Waals surface area contributed by atoms with E-state index in [1.807, 2.05) is 140 Å². The fourth-order valence-electron chi connectivity index (χ4n) is 12.8. The van der Waals surface area contributed by atoms with Crippen molar-refractivity contribution < 1.29 is 13.3 Å². The molecule has 0 bridgehead atoms. The Morgan fingerprint density at radius 1 is 0.207 bits per heavy atom. The van der Waals surface area contributed by atoms with Gasteiger partial charge in [0.1, 0.15) is 83.1 Å². The second-order valence-corrected chi connectivity index (χ2v) is 26.5. The van der Waals surface area contributed by atoms with Crippen LogP contribution in [0.1, 0.15) is 0 Å². The first-order valence-electron chi connectivity index (χ1n) is 34.4. The van der Waals surface area contributed by atoms with E-state index in [2.05, 4.69) is 171 Å². The lowest BCUT2D eigenvalue weighted by molar-refractivity contribution is 0.651. The van der Waals surface area contributed by atoms with Gasteiger partial charge in [-0.25, -0.2) is 94.7 Å². The zero-order valence-electron chi connectivity index (χ0n) is 57.9. The van der Waals surface area contributed by atoms with Crippen molar-refractivity contribution in [2.24, 2.45) is 0 Å². The van der Waals surface area contributed by atoms with Crippen molar-refractivity contribution in [3.63, 3.8) is 0 Å². The smallest absolute Gasteiger partial charge is 0.229 e. The van der Waals surface area contributed by atoms with E-state index in [1.54, 1.807) is 104 Å². The molecular formula is C85H51N21O3S2. The Labute approximate surface area is 633 Å². The van der Waals surface area contributed by atoms with Crippen LogP contribution in [0.5, 0.6) is 0 Å². The van der Waals surface area contributed by atoms with Gasteiger partial charge in [-0.2, -0.15) is 0 Å². The van der Waals surface area contributed by atoms with Gasteiger partial charge in [0, 0.05) is 114 Å². The van der Waals surface area contributed by atoms with Gasteiger partial charge in [-0.05, 0) is 70.1 Å². The summed E-state index contributed by atoms with van der Waals surface area (Å²) in [6.45, 7) is 0. The molecule has 24 nitrogen and oxygen atoms in total. The largest absolute Gasteiger partial charge is 0.453 e. The first-order chi connectivity index (χ1) is 55.1. The molecule has 111 heavy (non-hydrogen) atoms. The molecule has 0 aliphatic carbocycles. The van der Waals surface area contributed by atoms with E-state index < -0.39 is 0 Å². The fourth-order valence-corrected chi connectivity index (χ4v) is 14.8.